The van der Waals surface area contributed by atoms with E-state index < -0.39 is 0 Å². The first-order valence-corrected chi connectivity index (χ1v) is 9.93. The summed E-state index contributed by atoms with van der Waals surface area (Å²) in [6.45, 7) is 3.67. The number of halogens is 1. The Morgan fingerprint density at radius 3 is 2.50 bits per heavy atom. The topological polar surface area (TPSA) is 108 Å². The molecule has 9 nitrogen and oxygen atoms in total. The van der Waals surface area contributed by atoms with Crippen molar-refractivity contribution < 1.29 is 0 Å². The first-order chi connectivity index (χ1) is 14.3. The van der Waals surface area contributed by atoms with E-state index in [9.17, 15) is 4.79 Å². The van der Waals surface area contributed by atoms with Gasteiger partial charge in [0.05, 0.1) is 11.9 Å². The summed E-state index contributed by atoms with van der Waals surface area (Å²) in [5.41, 5.74) is 3.57. The summed E-state index contributed by atoms with van der Waals surface area (Å²) in [7, 11) is 0. The lowest BCUT2D eigenvalue weighted by atomic mass is 10.1. The van der Waals surface area contributed by atoms with Gasteiger partial charge >= 0.3 is 5.69 Å². The molecule has 0 atom stereocenters. The number of piperidine rings is 1. The van der Waals surface area contributed by atoms with E-state index in [1.54, 1.807) is 17.1 Å². The minimum atomic E-state index is -0.158. The third-order valence-electron chi connectivity index (χ3n) is 5.44. The molecule has 0 spiro atoms. The predicted molar refractivity (Wildman–Crippen MR) is 117 cm³/mol. The van der Waals surface area contributed by atoms with Crippen molar-refractivity contribution in [1.29, 1.82) is 0 Å². The first kappa shape index (κ1) is 20.2. The van der Waals surface area contributed by atoms with Crippen molar-refractivity contribution in [2.75, 3.05) is 19.6 Å². The van der Waals surface area contributed by atoms with E-state index in [0.717, 1.165) is 42.3 Å². The monoisotopic (exact) mass is 426 g/mol. The molecule has 1 aromatic carbocycles. The molecule has 30 heavy (non-hydrogen) atoms. The Balaban J connectivity index is 0.00000218. The van der Waals surface area contributed by atoms with Gasteiger partial charge in [-0.05, 0) is 25.9 Å². The maximum atomic E-state index is 12.4. The predicted octanol–water partition coefficient (Wildman–Crippen LogP) is 2.48. The lowest BCUT2D eigenvalue weighted by molar-refractivity contribution is 0.221. The molecule has 1 aliphatic heterocycles. The van der Waals surface area contributed by atoms with Gasteiger partial charge in [0, 0.05) is 24.2 Å². The number of likely N-dealkylation sites (tertiary alicyclic amines) is 1. The Bertz CT molecular complexity index is 1160. The lowest BCUT2D eigenvalue weighted by Gasteiger charge is -2.26. The highest BCUT2D eigenvalue weighted by Crippen LogP contribution is 2.22. The molecule has 4 aromatic rings. The van der Waals surface area contributed by atoms with Crippen LogP contribution in [0.25, 0.3) is 33.9 Å². The number of hydrogen-bond acceptors (Lipinski definition) is 6. The Morgan fingerprint density at radius 1 is 1.00 bits per heavy atom. The van der Waals surface area contributed by atoms with Crippen LogP contribution in [0.1, 0.15) is 19.3 Å². The largest absolute Gasteiger partial charge is 0.328 e. The van der Waals surface area contributed by atoms with Crippen LogP contribution in [-0.2, 0) is 6.54 Å². The number of aromatic nitrogens is 7. The molecule has 0 unspecified atom stereocenters. The maximum absolute atomic E-state index is 12.4. The van der Waals surface area contributed by atoms with Gasteiger partial charge < -0.3 is 9.88 Å². The van der Waals surface area contributed by atoms with Crippen molar-refractivity contribution in [3.05, 3.63) is 47.3 Å². The molecule has 2 N–H and O–H groups in total. The minimum absolute atomic E-state index is 0. The van der Waals surface area contributed by atoms with Gasteiger partial charge in [-0.1, -0.05) is 30.7 Å². The van der Waals surface area contributed by atoms with Gasteiger partial charge in [0.1, 0.15) is 6.33 Å². The molecule has 0 bridgehead atoms. The van der Waals surface area contributed by atoms with E-state index in [4.69, 9.17) is 4.98 Å². The van der Waals surface area contributed by atoms with Gasteiger partial charge in [-0.25, -0.2) is 14.8 Å². The molecule has 10 heteroatoms. The summed E-state index contributed by atoms with van der Waals surface area (Å²) in [4.78, 5) is 29.8. The highest BCUT2D eigenvalue weighted by molar-refractivity contribution is 5.85. The SMILES string of the molecule is Cl.O=c1[nH]c2ncc(-c3ccc(-c4nnc[nH]4)cc3)nc2n1CCN1CCCCC1. The van der Waals surface area contributed by atoms with Gasteiger partial charge in [0.2, 0.25) is 0 Å². The molecule has 1 aliphatic rings. The third kappa shape index (κ3) is 3.99. The molecule has 0 radical (unpaired) electrons. The Labute approximate surface area is 179 Å². The summed E-state index contributed by atoms with van der Waals surface area (Å²) >= 11 is 0. The number of imidazole rings is 1. The van der Waals surface area contributed by atoms with Gasteiger partial charge in [0.15, 0.2) is 17.1 Å². The van der Waals surface area contributed by atoms with Crippen LogP contribution < -0.4 is 5.69 Å². The van der Waals surface area contributed by atoms with Gasteiger partial charge in [0.25, 0.3) is 0 Å². The van der Waals surface area contributed by atoms with E-state index in [-0.39, 0.29) is 18.1 Å². The Kier molecular flexibility index (Phi) is 5.91. The third-order valence-corrected chi connectivity index (χ3v) is 5.44. The van der Waals surface area contributed by atoms with Crippen LogP contribution in [0.3, 0.4) is 0 Å². The van der Waals surface area contributed by atoms with Gasteiger partial charge in [-0.15, -0.1) is 22.6 Å². The summed E-state index contributed by atoms with van der Waals surface area (Å²) in [6, 6.07) is 7.86. The van der Waals surface area contributed by atoms with Crippen molar-refractivity contribution in [3.63, 3.8) is 0 Å². The number of aromatic amines is 2. The smallest absolute Gasteiger partial charge is 0.328 e. The minimum Gasteiger partial charge on any atom is -0.328 e. The van der Waals surface area contributed by atoms with E-state index in [2.05, 4.69) is 30.0 Å². The van der Waals surface area contributed by atoms with Crippen molar-refractivity contribution in [2.24, 2.45) is 0 Å². The van der Waals surface area contributed by atoms with Crippen molar-refractivity contribution in [3.8, 4) is 22.6 Å². The average Bonchev–Trinajstić information content (AvgIpc) is 3.40. The molecule has 156 valence electrons. The van der Waals surface area contributed by atoms with Crippen LogP contribution in [0.5, 0.6) is 0 Å². The van der Waals surface area contributed by atoms with E-state index >= 15 is 0 Å². The van der Waals surface area contributed by atoms with Crippen molar-refractivity contribution in [2.45, 2.75) is 25.8 Å². The lowest BCUT2D eigenvalue weighted by Crippen LogP contribution is -2.34. The number of H-pyrrole nitrogens is 2. The van der Waals surface area contributed by atoms with Gasteiger partial charge in [-0.3, -0.25) is 9.55 Å². The second-order valence-electron chi connectivity index (χ2n) is 7.33. The normalized spacial score (nSPS) is 14.7. The van der Waals surface area contributed by atoms with Gasteiger partial charge in [-0.2, -0.15) is 0 Å². The molecular weight excluding hydrogens is 404 g/mol. The fourth-order valence-electron chi connectivity index (χ4n) is 3.84. The van der Waals surface area contributed by atoms with Crippen LogP contribution in [-0.4, -0.2) is 59.2 Å². The average molecular weight is 427 g/mol. The van der Waals surface area contributed by atoms with Crippen molar-refractivity contribution >= 4 is 23.7 Å². The summed E-state index contributed by atoms with van der Waals surface area (Å²) in [5.74, 6) is 0.718. The Morgan fingerprint density at radius 2 is 1.77 bits per heavy atom. The number of hydrogen-bond donors (Lipinski definition) is 2. The Hall–Kier alpha value is -3.04. The number of benzene rings is 1. The second kappa shape index (κ2) is 8.76. The van der Waals surface area contributed by atoms with Crippen LogP contribution in [0.15, 0.2) is 41.6 Å². The highest BCUT2D eigenvalue weighted by Gasteiger charge is 2.14. The van der Waals surface area contributed by atoms with E-state index in [1.807, 2.05) is 24.3 Å². The number of rotatable bonds is 5. The zero-order chi connectivity index (χ0) is 19.6. The number of nitrogens with one attached hydrogen (secondary N) is 2. The number of nitrogens with zero attached hydrogens (tertiary/aromatic N) is 6. The van der Waals surface area contributed by atoms with Crippen LogP contribution >= 0.6 is 12.4 Å². The fourth-order valence-corrected chi connectivity index (χ4v) is 3.84. The second-order valence-corrected chi connectivity index (χ2v) is 7.33. The molecule has 5 rings (SSSR count). The molecular formula is C20H23ClN8O. The maximum Gasteiger partial charge on any atom is 0.328 e. The molecule has 4 heterocycles. The molecule has 1 fully saturated rings. The molecule has 0 aliphatic carbocycles. The summed E-state index contributed by atoms with van der Waals surface area (Å²) in [6.07, 6.45) is 7.01. The zero-order valence-electron chi connectivity index (χ0n) is 16.4. The zero-order valence-corrected chi connectivity index (χ0v) is 17.2. The summed E-state index contributed by atoms with van der Waals surface area (Å²) < 4.78 is 1.70. The quantitative estimate of drug-likeness (QED) is 0.507. The highest BCUT2D eigenvalue weighted by atomic mass is 35.5. The van der Waals surface area contributed by atoms with Crippen LogP contribution in [0.2, 0.25) is 0 Å². The fraction of sp³-hybridized carbons (Fsp3) is 0.350. The molecule has 1 saturated heterocycles. The van der Waals surface area contributed by atoms with Crippen LogP contribution in [0.4, 0.5) is 0 Å². The molecule has 3 aromatic heterocycles. The standard InChI is InChI=1S/C20H22N8O.ClH/c29-20-25-18-19(28(20)11-10-27-8-2-1-3-9-27)24-16(12-21-18)14-4-6-15(7-5-14)17-22-13-23-26-17;/h4-7,12-13H,1-3,8-11H2,(H,21,25,29)(H,22,23,26);1H. The van der Waals surface area contributed by atoms with E-state index in [1.165, 1.54) is 19.3 Å². The number of fused-ring (bicyclic) bond motifs is 1. The molecule has 0 amide bonds. The molecule has 0 saturated carbocycles. The first-order valence-electron chi connectivity index (χ1n) is 9.93. The van der Waals surface area contributed by atoms with Crippen molar-refractivity contribution in [1.82, 2.24) is 39.6 Å². The van der Waals surface area contributed by atoms with E-state index in [0.29, 0.717) is 17.8 Å². The summed E-state index contributed by atoms with van der Waals surface area (Å²) in [5, 5.41) is 7.83. The van der Waals surface area contributed by atoms with Crippen LogP contribution in [0, 0.1) is 0 Å².